The lowest BCUT2D eigenvalue weighted by molar-refractivity contribution is 0.102. The molecule has 1 aromatic heterocycles. The van der Waals surface area contributed by atoms with Crippen molar-refractivity contribution in [2.24, 2.45) is 0 Å². The predicted molar refractivity (Wildman–Crippen MR) is 127 cm³/mol. The molecule has 8 nitrogen and oxygen atoms in total. The van der Waals surface area contributed by atoms with E-state index in [4.69, 9.17) is 26.4 Å². The topological polar surface area (TPSA) is 94.6 Å². The van der Waals surface area contributed by atoms with Crippen molar-refractivity contribution >= 4 is 34.7 Å². The van der Waals surface area contributed by atoms with Crippen LogP contribution in [0.15, 0.2) is 41.2 Å². The van der Waals surface area contributed by atoms with Crippen LogP contribution in [0.3, 0.4) is 0 Å². The van der Waals surface area contributed by atoms with E-state index in [9.17, 15) is 9.59 Å². The molecule has 0 unspecified atom stereocenters. The third kappa shape index (κ3) is 5.35. The number of nitrogens with zero attached hydrogens (tertiary/aromatic N) is 1. The Balaban J connectivity index is 1.91. The molecule has 0 aliphatic carbocycles. The fourth-order valence-corrected chi connectivity index (χ4v) is 3.59. The number of carbonyl (C=O) groups is 1. The van der Waals surface area contributed by atoms with Crippen molar-refractivity contribution in [3.05, 3.63) is 57.1 Å². The van der Waals surface area contributed by atoms with Gasteiger partial charge in [0, 0.05) is 31.9 Å². The van der Waals surface area contributed by atoms with Crippen molar-refractivity contribution in [1.29, 1.82) is 0 Å². The number of rotatable bonds is 10. The summed E-state index contributed by atoms with van der Waals surface area (Å²) >= 11 is 5.35. The number of fused-ring (bicyclic) bond motifs is 1. The van der Waals surface area contributed by atoms with Crippen LogP contribution >= 0.6 is 12.2 Å². The molecule has 0 saturated carbocycles. The molecule has 2 aromatic carbocycles. The Kier molecular flexibility index (Phi) is 8.02. The van der Waals surface area contributed by atoms with E-state index in [2.05, 4.69) is 10.3 Å². The van der Waals surface area contributed by atoms with Crippen molar-refractivity contribution in [1.82, 2.24) is 9.55 Å². The molecule has 9 heteroatoms. The van der Waals surface area contributed by atoms with Gasteiger partial charge in [-0.1, -0.05) is 0 Å². The minimum Gasteiger partial charge on any atom is -0.494 e. The quantitative estimate of drug-likeness (QED) is 0.351. The summed E-state index contributed by atoms with van der Waals surface area (Å²) in [6.07, 6.45) is 0.670. The van der Waals surface area contributed by atoms with E-state index in [1.54, 1.807) is 43.5 Å². The van der Waals surface area contributed by atoms with Crippen LogP contribution in [0.25, 0.3) is 10.9 Å². The lowest BCUT2D eigenvalue weighted by Crippen LogP contribution is -2.23. The van der Waals surface area contributed by atoms with Crippen molar-refractivity contribution in [3.8, 4) is 11.5 Å². The SMILES string of the molecule is CCOc1ccc(OCC)c(NC(=O)c2ccc3c(=O)n(CCCOC)c(=S)[nH]c3c2)c1. The number of amides is 1. The maximum Gasteiger partial charge on any atom is 0.262 e. The summed E-state index contributed by atoms with van der Waals surface area (Å²) in [4.78, 5) is 28.8. The molecular weight excluding hydrogens is 430 g/mol. The molecule has 1 amide bonds. The second-order valence-electron chi connectivity index (χ2n) is 6.97. The van der Waals surface area contributed by atoms with Crippen LogP contribution in [0.4, 0.5) is 5.69 Å². The number of hydrogen-bond acceptors (Lipinski definition) is 6. The summed E-state index contributed by atoms with van der Waals surface area (Å²) in [5.74, 6) is 0.830. The van der Waals surface area contributed by atoms with Gasteiger partial charge in [-0.3, -0.25) is 14.2 Å². The third-order valence-corrected chi connectivity index (χ3v) is 5.11. The molecule has 0 atom stereocenters. The van der Waals surface area contributed by atoms with Crippen molar-refractivity contribution in [2.45, 2.75) is 26.8 Å². The number of ether oxygens (including phenoxy) is 3. The molecule has 32 heavy (non-hydrogen) atoms. The van der Waals surface area contributed by atoms with Gasteiger partial charge >= 0.3 is 0 Å². The van der Waals surface area contributed by atoms with E-state index in [1.807, 2.05) is 13.8 Å². The Hall–Kier alpha value is -3.17. The summed E-state index contributed by atoms with van der Waals surface area (Å²) in [6, 6.07) is 10.1. The second kappa shape index (κ2) is 10.9. The Labute approximate surface area is 191 Å². The van der Waals surface area contributed by atoms with Gasteiger partial charge in [0.25, 0.3) is 11.5 Å². The molecule has 170 valence electrons. The van der Waals surface area contributed by atoms with Crippen molar-refractivity contribution in [3.63, 3.8) is 0 Å². The van der Waals surface area contributed by atoms with Crippen LogP contribution in [-0.2, 0) is 11.3 Å². The first-order valence-corrected chi connectivity index (χ1v) is 10.9. The summed E-state index contributed by atoms with van der Waals surface area (Å²) < 4.78 is 18.0. The second-order valence-corrected chi connectivity index (χ2v) is 7.36. The molecular formula is C23H27N3O5S. The van der Waals surface area contributed by atoms with Gasteiger partial charge in [0.05, 0.1) is 29.8 Å². The highest BCUT2D eigenvalue weighted by atomic mass is 32.1. The number of methoxy groups -OCH3 is 1. The average Bonchev–Trinajstić information content (AvgIpc) is 2.77. The van der Waals surface area contributed by atoms with E-state index in [1.165, 1.54) is 4.57 Å². The number of hydrogen-bond donors (Lipinski definition) is 2. The minimum atomic E-state index is -0.343. The Morgan fingerprint density at radius 2 is 1.91 bits per heavy atom. The van der Waals surface area contributed by atoms with Crippen LogP contribution in [0, 0.1) is 4.77 Å². The zero-order valence-electron chi connectivity index (χ0n) is 18.4. The predicted octanol–water partition coefficient (Wildman–Crippen LogP) is 4.15. The molecule has 0 fully saturated rings. The largest absolute Gasteiger partial charge is 0.494 e. The smallest absolute Gasteiger partial charge is 0.262 e. The van der Waals surface area contributed by atoms with Gasteiger partial charge in [-0.15, -0.1) is 0 Å². The lowest BCUT2D eigenvalue weighted by Gasteiger charge is -2.14. The molecule has 0 radical (unpaired) electrons. The first kappa shape index (κ1) is 23.5. The zero-order chi connectivity index (χ0) is 23.1. The van der Waals surface area contributed by atoms with Gasteiger partial charge in [-0.05, 0) is 62.8 Å². The van der Waals surface area contributed by atoms with E-state index in [-0.39, 0.29) is 11.5 Å². The van der Waals surface area contributed by atoms with Crippen LogP contribution < -0.4 is 20.3 Å². The van der Waals surface area contributed by atoms with Crippen LogP contribution in [0.1, 0.15) is 30.6 Å². The standard InChI is InChI=1S/C23H27N3O5S/c1-4-30-16-8-10-20(31-5-2)19(14-16)24-21(27)15-7-9-17-18(13-15)25-23(32)26(22(17)28)11-6-12-29-3/h7-10,13-14H,4-6,11-12H2,1-3H3,(H,24,27)(H,25,32). The summed E-state index contributed by atoms with van der Waals surface area (Å²) in [5, 5.41) is 3.33. The van der Waals surface area contributed by atoms with Gasteiger partial charge in [-0.2, -0.15) is 0 Å². The molecule has 0 saturated heterocycles. The third-order valence-electron chi connectivity index (χ3n) is 4.78. The molecule has 1 heterocycles. The Bertz CT molecular complexity index is 1220. The van der Waals surface area contributed by atoms with Gasteiger partial charge in [0.15, 0.2) is 4.77 Å². The fourth-order valence-electron chi connectivity index (χ4n) is 3.30. The maximum absolute atomic E-state index is 12.9. The lowest BCUT2D eigenvalue weighted by atomic mass is 10.1. The molecule has 0 aliphatic heterocycles. The highest BCUT2D eigenvalue weighted by molar-refractivity contribution is 7.71. The molecule has 0 bridgehead atoms. The highest BCUT2D eigenvalue weighted by Crippen LogP contribution is 2.30. The average molecular weight is 458 g/mol. The van der Waals surface area contributed by atoms with E-state index in [0.717, 1.165) is 0 Å². The van der Waals surface area contributed by atoms with Crippen molar-refractivity contribution in [2.75, 3.05) is 32.2 Å². The number of aromatic nitrogens is 2. The van der Waals surface area contributed by atoms with Crippen molar-refractivity contribution < 1.29 is 19.0 Å². The maximum atomic E-state index is 12.9. The molecule has 0 spiro atoms. The van der Waals surface area contributed by atoms with Gasteiger partial charge in [0.1, 0.15) is 11.5 Å². The zero-order valence-corrected chi connectivity index (χ0v) is 19.2. The molecule has 2 N–H and O–H groups in total. The van der Waals surface area contributed by atoms with Crippen LogP contribution in [0.5, 0.6) is 11.5 Å². The number of aromatic amines is 1. The Morgan fingerprint density at radius 3 is 2.62 bits per heavy atom. The number of carbonyl (C=O) groups excluding carboxylic acids is 1. The highest BCUT2D eigenvalue weighted by Gasteiger charge is 2.14. The normalized spacial score (nSPS) is 10.8. The first-order chi connectivity index (χ1) is 15.5. The molecule has 3 rings (SSSR count). The van der Waals surface area contributed by atoms with Crippen LogP contribution in [-0.4, -0.2) is 42.4 Å². The summed E-state index contributed by atoms with van der Waals surface area (Å²) in [6.45, 7) is 5.71. The fraction of sp³-hybridized carbons (Fsp3) is 0.348. The number of nitrogens with one attached hydrogen (secondary N) is 2. The van der Waals surface area contributed by atoms with Crippen LogP contribution in [0.2, 0.25) is 0 Å². The molecule has 0 aliphatic rings. The Morgan fingerprint density at radius 1 is 1.12 bits per heavy atom. The minimum absolute atomic E-state index is 0.199. The van der Waals surface area contributed by atoms with Gasteiger partial charge in [-0.25, -0.2) is 0 Å². The van der Waals surface area contributed by atoms with Gasteiger partial charge in [0.2, 0.25) is 0 Å². The van der Waals surface area contributed by atoms with E-state index < -0.39 is 0 Å². The van der Waals surface area contributed by atoms with Gasteiger partial charge < -0.3 is 24.5 Å². The number of H-pyrrole nitrogens is 1. The summed E-state index contributed by atoms with van der Waals surface area (Å²) in [5.41, 5.74) is 1.19. The number of benzene rings is 2. The molecule has 3 aromatic rings. The van der Waals surface area contributed by atoms with E-state index in [0.29, 0.717) is 71.2 Å². The number of anilines is 1. The summed E-state index contributed by atoms with van der Waals surface area (Å²) in [7, 11) is 1.61. The first-order valence-electron chi connectivity index (χ1n) is 10.4. The van der Waals surface area contributed by atoms with E-state index >= 15 is 0 Å². The monoisotopic (exact) mass is 457 g/mol.